The molecule has 0 fully saturated rings. The first-order valence-electron chi connectivity index (χ1n) is 10.4. The summed E-state index contributed by atoms with van der Waals surface area (Å²) < 4.78 is 2.29. The fourth-order valence-corrected chi connectivity index (χ4v) is 3.85. The average molecular weight is 389 g/mol. The van der Waals surface area contributed by atoms with Crippen LogP contribution >= 0.6 is 0 Å². The minimum absolute atomic E-state index is 0.107. The van der Waals surface area contributed by atoms with Gasteiger partial charge in [0.05, 0.1) is 11.0 Å². The summed E-state index contributed by atoms with van der Waals surface area (Å²) in [5, 5.41) is 4.30. The monoisotopic (exact) mass is 388 g/mol. The Balaban J connectivity index is 1.27. The van der Waals surface area contributed by atoms with E-state index < -0.39 is 0 Å². The second-order valence-electron chi connectivity index (χ2n) is 7.83. The number of H-pyrrole nitrogens is 1. The zero-order valence-corrected chi connectivity index (χ0v) is 17.1. The number of aromatic nitrogens is 3. The predicted molar refractivity (Wildman–Crippen MR) is 118 cm³/mol. The highest BCUT2D eigenvalue weighted by Crippen LogP contribution is 2.25. The number of para-hydroxylation sites is 3. The number of aryl methyl sites for hydroxylation is 2. The van der Waals surface area contributed by atoms with Crippen molar-refractivity contribution in [2.75, 3.05) is 6.54 Å². The molecule has 5 nitrogen and oxygen atoms in total. The quantitative estimate of drug-likeness (QED) is 0.427. The van der Waals surface area contributed by atoms with Gasteiger partial charge in [0.2, 0.25) is 5.91 Å². The molecule has 29 heavy (non-hydrogen) atoms. The summed E-state index contributed by atoms with van der Waals surface area (Å²) in [5.41, 5.74) is 4.54. The summed E-state index contributed by atoms with van der Waals surface area (Å²) in [4.78, 5) is 20.2. The lowest BCUT2D eigenvalue weighted by Crippen LogP contribution is -2.25. The fourth-order valence-electron chi connectivity index (χ4n) is 3.85. The summed E-state index contributed by atoms with van der Waals surface area (Å²) in [5.74, 6) is 1.08. The minimum Gasteiger partial charge on any atom is -0.356 e. The van der Waals surface area contributed by atoms with Crippen molar-refractivity contribution in [2.24, 2.45) is 0 Å². The summed E-state index contributed by atoms with van der Waals surface area (Å²) in [7, 11) is 0. The first kappa shape index (κ1) is 19.2. The van der Waals surface area contributed by atoms with Gasteiger partial charge in [-0.3, -0.25) is 4.79 Å². The number of amides is 1. The molecule has 150 valence electrons. The van der Waals surface area contributed by atoms with Crippen molar-refractivity contribution in [3.05, 3.63) is 66.1 Å². The smallest absolute Gasteiger partial charge is 0.220 e. The minimum atomic E-state index is 0.107. The Kier molecular flexibility index (Phi) is 5.65. The van der Waals surface area contributed by atoms with Crippen molar-refractivity contribution in [3.63, 3.8) is 0 Å². The number of aromatic amines is 1. The highest BCUT2D eigenvalue weighted by atomic mass is 16.1. The van der Waals surface area contributed by atoms with Gasteiger partial charge in [-0.1, -0.05) is 30.3 Å². The maximum atomic E-state index is 12.3. The fraction of sp³-hybridized carbons (Fsp3) is 0.333. The van der Waals surface area contributed by atoms with Crippen molar-refractivity contribution >= 4 is 27.8 Å². The summed E-state index contributed by atoms with van der Waals surface area (Å²) in [6, 6.07) is 16.9. The Bertz CT molecular complexity index is 1090. The molecule has 1 amide bonds. The molecule has 2 N–H and O–H groups in total. The van der Waals surface area contributed by atoms with Crippen LogP contribution in [0.2, 0.25) is 0 Å². The van der Waals surface area contributed by atoms with Crippen molar-refractivity contribution in [3.8, 4) is 0 Å². The number of rotatable bonds is 8. The molecule has 0 aliphatic rings. The first-order chi connectivity index (χ1) is 14.1. The molecule has 0 radical (unpaired) electrons. The van der Waals surface area contributed by atoms with Crippen LogP contribution in [0.1, 0.15) is 44.1 Å². The summed E-state index contributed by atoms with van der Waals surface area (Å²) >= 11 is 0. The molecular weight excluding hydrogens is 360 g/mol. The molecular formula is C24H28N4O. The van der Waals surface area contributed by atoms with E-state index in [-0.39, 0.29) is 5.91 Å². The van der Waals surface area contributed by atoms with E-state index in [0.29, 0.717) is 19.0 Å². The third-order valence-corrected chi connectivity index (χ3v) is 5.35. The Hall–Kier alpha value is -3.08. The molecule has 4 rings (SSSR count). The van der Waals surface area contributed by atoms with Crippen LogP contribution in [0.4, 0.5) is 0 Å². The summed E-state index contributed by atoms with van der Waals surface area (Å²) in [6.45, 7) is 5.04. The lowest BCUT2D eigenvalue weighted by atomic mass is 10.1. The Morgan fingerprint density at radius 3 is 2.72 bits per heavy atom. The van der Waals surface area contributed by atoms with Gasteiger partial charge in [-0.15, -0.1) is 0 Å². The van der Waals surface area contributed by atoms with Crippen LogP contribution < -0.4 is 5.32 Å². The van der Waals surface area contributed by atoms with Gasteiger partial charge in [0.15, 0.2) is 0 Å². The van der Waals surface area contributed by atoms with E-state index in [1.54, 1.807) is 0 Å². The van der Waals surface area contributed by atoms with Crippen LogP contribution in [0.5, 0.6) is 0 Å². The third kappa shape index (κ3) is 4.34. The number of nitrogens with one attached hydrogen (secondary N) is 2. The molecule has 0 atom stereocenters. The molecule has 0 aliphatic heterocycles. The number of carbonyl (C=O) groups is 1. The second-order valence-corrected chi connectivity index (χ2v) is 7.83. The van der Waals surface area contributed by atoms with Gasteiger partial charge in [-0.05, 0) is 50.5 Å². The SMILES string of the molecule is CC(C)n1cc(CCC(=O)NCCCc2nc3ccccc3[nH]2)c2ccccc21. The van der Waals surface area contributed by atoms with E-state index in [1.165, 1.54) is 16.5 Å². The molecule has 2 heterocycles. The molecule has 2 aromatic carbocycles. The number of hydrogen-bond donors (Lipinski definition) is 2. The van der Waals surface area contributed by atoms with Crippen molar-refractivity contribution in [1.29, 1.82) is 0 Å². The van der Waals surface area contributed by atoms with Crippen molar-refractivity contribution in [2.45, 2.75) is 45.6 Å². The molecule has 0 unspecified atom stereocenters. The zero-order chi connectivity index (χ0) is 20.2. The zero-order valence-electron chi connectivity index (χ0n) is 17.1. The van der Waals surface area contributed by atoms with Crippen LogP contribution in [-0.4, -0.2) is 27.0 Å². The van der Waals surface area contributed by atoms with Crippen molar-refractivity contribution in [1.82, 2.24) is 19.9 Å². The van der Waals surface area contributed by atoms with Crippen LogP contribution in [0.3, 0.4) is 0 Å². The highest BCUT2D eigenvalue weighted by molar-refractivity contribution is 5.85. The van der Waals surface area contributed by atoms with Gasteiger partial charge in [0.25, 0.3) is 0 Å². The Labute approximate surface area is 171 Å². The molecule has 5 heteroatoms. The Morgan fingerprint density at radius 1 is 1.10 bits per heavy atom. The number of imidazole rings is 1. The first-order valence-corrected chi connectivity index (χ1v) is 10.4. The van der Waals surface area contributed by atoms with Crippen LogP contribution in [0.15, 0.2) is 54.7 Å². The number of benzene rings is 2. The molecule has 0 bridgehead atoms. The van der Waals surface area contributed by atoms with E-state index in [1.807, 2.05) is 24.3 Å². The normalized spacial score (nSPS) is 11.6. The van der Waals surface area contributed by atoms with Crippen LogP contribution in [0.25, 0.3) is 21.9 Å². The maximum absolute atomic E-state index is 12.3. The Morgan fingerprint density at radius 2 is 1.90 bits per heavy atom. The van der Waals surface area contributed by atoms with Gasteiger partial charge >= 0.3 is 0 Å². The van der Waals surface area contributed by atoms with Crippen LogP contribution in [-0.2, 0) is 17.6 Å². The highest BCUT2D eigenvalue weighted by Gasteiger charge is 2.11. The number of hydrogen-bond acceptors (Lipinski definition) is 2. The van der Waals surface area contributed by atoms with Crippen molar-refractivity contribution < 1.29 is 4.79 Å². The van der Waals surface area contributed by atoms with E-state index >= 15 is 0 Å². The predicted octanol–water partition coefficient (Wildman–Crippen LogP) is 4.78. The molecule has 0 saturated heterocycles. The van der Waals surface area contributed by atoms with Gasteiger partial charge in [-0.2, -0.15) is 0 Å². The largest absolute Gasteiger partial charge is 0.356 e. The average Bonchev–Trinajstić information content (AvgIpc) is 3.31. The van der Waals surface area contributed by atoms with Crippen LogP contribution in [0, 0.1) is 0 Å². The summed E-state index contributed by atoms with van der Waals surface area (Å²) in [6.07, 6.45) is 5.17. The van der Waals surface area contributed by atoms with E-state index in [4.69, 9.17) is 0 Å². The van der Waals surface area contributed by atoms with Gasteiger partial charge in [0, 0.05) is 42.5 Å². The van der Waals surface area contributed by atoms with Gasteiger partial charge < -0.3 is 14.9 Å². The molecule has 0 aliphatic carbocycles. The lowest BCUT2D eigenvalue weighted by molar-refractivity contribution is -0.121. The van der Waals surface area contributed by atoms with Gasteiger partial charge in [0.1, 0.15) is 5.82 Å². The number of carbonyl (C=O) groups excluding carboxylic acids is 1. The number of fused-ring (bicyclic) bond motifs is 2. The topological polar surface area (TPSA) is 62.7 Å². The number of nitrogens with zero attached hydrogens (tertiary/aromatic N) is 2. The maximum Gasteiger partial charge on any atom is 0.220 e. The van der Waals surface area contributed by atoms with E-state index in [0.717, 1.165) is 36.1 Å². The van der Waals surface area contributed by atoms with E-state index in [2.05, 4.69) is 64.2 Å². The van der Waals surface area contributed by atoms with Gasteiger partial charge in [-0.25, -0.2) is 4.98 Å². The van der Waals surface area contributed by atoms with E-state index in [9.17, 15) is 4.79 Å². The molecule has 0 spiro atoms. The molecule has 2 aromatic heterocycles. The lowest BCUT2D eigenvalue weighted by Gasteiger charge is -2.08. The molecule has 4 aromatic rings. The standard InChI is InChI=1S/C24H28N4O/c1-17(2)28-16-18(19-8-3-6-11-22(19)28)13-14-24(29)25-15-7-12-23-26-20-9-4-5-10-21(20)27-23/h3-6,8-11,16-17H,7,12-15H2,1-2H3,(H,25,29)(H,26,27). The third-order valence-electron chi connectivity index (χ3n) is 5.35. The second kappa shape index (κ2) is 8.52. The molecule has 0 saturated carbocycles.